The molecule has 1 saturated carbocycles. The summed E-state index contributed by atoms with van der Waals surface area (Å²) in [7, 11) is 1.61. The highest BCUT2D eigenvalue weighted by molar-refractivity contribution is 5.88. The zero-order valence-corrected chi connectivity index (χ0v) is 22.5. The van der Waals surface area contributed by atoms with Crippen LogP contribution < -0.4 is 14.8 Å². The van der Waals surface area contributed by atoms with Gasteiger partial charge >= 0.3 is 0 Å². The number of hydrogen-bond donors (Lipinski definition) is 1. The number of nitrogens with zero attached hydrogens (tertiary/aromatic N) is 1. The van der Waals surface area contributed by atoms with E-state index in [1.807, 2.05) is 54.6 Å². The Bertz CT molecular complexity index is 1180. The van der Waals surface area contributed by atoms with Gasteiger partial charge in [0.25, 0.3) is 0 Å². The molecule has 4 rings (SSSR count). The smallest absolute Gasteiger partial charge is 0.243 e. The highest BCUT2D eigenvalue weighted by Crippen LogP contribution is 2.21. The molecule has 0 unspecified atom stereocenters. The summed E-state index contributed by atoms with van der Waals surface area (Å²) in [6.07, 6.45) is 5.22. The Hall–Kier alpha value is -3.87. The maximum Gasteiger partial charge on any atom is 0.243 e. The molecular weight excluding hydrogens is 495 g/mol. The van der Waals surface area contributed by atoms with Crippen LogP contribution >= 0.6 is 0 Å². The number of carbonyl (C=O) groups excluding carboxylic acids is 2. The Morgan fingerprint density at radius 3 is 2.26 bits per heavy atom. The van der Waals surface area contributed by atoms with E-state index in [1.165, 1.54) is 12.1 Å². The van der Waals surface area contributed by atoms with Crippen molar-refractivity contribution in [3.05, 3.63) is 95.8 Å². The third kappa shape index (κ3) is 8.57. The number of amides is 2. The van der Waals surface area contributed by atoms with E-state index in [0.717, 1.165) is 42.6 Å². The zero-order chi connectivity index (χ0) is 27.5. The number of benzene rings is 3. The molecule has 0 aromatic heterocycles. The lowest BCUT2D eigenvalue weighted by Crippen LogP contribution is -2.52. The van der Waals surface area contributed by atoms with Gasteiger partial charge in [-0.05, 0) is 66.8 Å². The molecule has 1 atom stereocenters. The topological polar surface area (TPSA) is 67.9 Å². The number of halogens is 1. The van der Waals surface area contributed by atoms with Crippen molar-refractivity contribution in [3.8, 4) is 11.5 Å². The molecule has 6 nitrogen and oxygen atoms in total. The Labute approximate surface area is 230 Å². The second-order valence-electron chi connectivity index (χ2n) is 9.97. The van der Waals surface area contributed by atoms with Crippen molar-refractivity contribution in [1.82, 2.24) is 10.2 Å². The van der Waals surface area contributed by atoms with Crippen molar-refractivity contribution < 1.29 is 23.5 Å². The van der Waals surface area contributed by atoms with E-state index in [9.17, 15) is 14.0 Å². The summed E-state index contributed by atoms with van der Waals surface area (Å²) in [5, 5.41) is 3.20. The largest absolute Gasteiger partial charge is 0.497 e. The molecule has 3 aromatic rings. The van der Waals surface area contributed by atoms with Gasteiger partial charge in [-0.2, -0.15) is 0 Å². The second-order valence-corrected chi connectivity index (χ2v) is 9.97. The molecule has 0 radical (unpaired) electrons. The summed E-state index contributed by atoms with van der Waals surface area (Å²) < 4.78 is 24.6. The van der Waals surface area contributed by atoms with Crippen LogP contribution in [0.1, 0.15) is 49.7 Å². The first kappa shape index (κ1) is 28.1. The van der Waals surface area contributed by atoms with Gasteiger partial charge in [-0.3, -0.25) is 9.59 Å². The molecule has 0 spiro atoms. The first-order valence-electron chi connectivity index (χ1n) is 13.7. The van der Waals surface area contributed by atoms with E-state index in [2.05, 4.69) is 5.32 Å². The van der Waals surface area contributed by atoms with E-state index in [4.69, 9.17) is 9.47 Å². The summed E-state index contributed by atoms with van der Waals surface area (Å²) in [6.45, 7) is 0.577. The molecule has 0 heterocycles. The third-order valence-corrected chi connectivity index (χ3v) is 7.10. The molecule has 1 fully saturated rings. The van der Waals surface area contributed by atoms with E-state index in [1.54, 1.807) is 24.1 Å². The lowest BCUT2D eigenvalue weighted by Gasteiger charge is -2.32. The van der Waals surface area contributed by atoms with Crippen LogP contribution in [-0.4, -0.2) is 42.5 Å². The van der Waals surface area contributed by atoms with Crippen molar-refractivity contribution in [2.24, 2.45) is 0 Å². The van der Waals surface area contributed by atoms with E-state index < -0.39 is 6.04 Å². The van der Waals surface area contributed by atoms with Gasteiger partial charge in [0.2, 0.25) is 11.8 Å². The molecule has 7 heteroatoms. The van der Waals surface area contributed by atoms with Crippen LogP contribution in [0, 0.1) is 5.82 Å². The second kappa shape index (κ2) is 14.3. The van der Waals surface area contributed by atoms with Crippen LogP contribution in [0.4, 0.5) is 4.39 Å². The minimum absolute atomic E-state index is 0.136. The molecule has 0 bridgehead atoms. The predicted molar refractivity (Wildman–Crippen MR) is 149 cm³/mol. The Balaban J connectivity index is 1.49. The molecule has 39 heavy (non-hydrogen) atoms. The Kier molecular flexibility index (Phi) is 10.3. The summed E-state index contributed by atoms with van der Waals surface area (Å²) >= 11 is 0. The van der Waals surface area contributed by atoms with Gasteiger partial charge in [0.15, 0.2) is 0 Å². The Morgan fingerprint density at radius 1 is 0.923 bits per heavy atom. The van der Waals surface area contributed by atoms with Crippen LogP contribution in [-0.2, 0) is 22.6 Å². The molecule has 1 aliphatic rings. The highest BCUT2D eigenvalue weighted by Gasteiger charge is 2.32. The van der Waals surface area contributed by atoms with Crippen molar-refractivity contribution in [2.45, 2.75) is 63.6 Å². The highest BCUT2D eigenvalue weighted by atomic mass is 19.1. The van der Waals surface area contributed by atoms with Crippen molar-refractivity contribution in [3.63, 3.8) is 0 Å². The summed E-state index contributed by atoms with van der Waals surface area (Å²) in [6, 6.07) is 22.6. The third-order valence-electron chi connectivity index (χ3n) is 7.10. The van der Waals surface area contributed by atoms with Crippen LogP contribution in [0.15, 0.2) is 78.9 Å². The molecule has 1 N–H and O–H groups in total. The number of nitrogens with one attached hydrogen (secondary N) is 1. The van der Waals surface area contributed by atoms with E-state index in [0.29, 0.717) is 25.2 Å². The summed E-state index contributed by atoms with van der Waals surface area (Å²) in [5.41, 5.74) is 1.75. The SMILES string of the molecule is COc1ccc(OCCCC(=O)N(Cc2ccc(F)cc2)[C@H](Cc2ccccc2)C(=O)NC2CCCC2)cc1. The zero-order valence-electron chi connectivity index (χ0n) is 22.5. The Morgan fingerprint density at radius 2 is 1.59 bits per heavy atom. The maximum absolute atomic E-state index is 13.7. The fourth-order valence-electron chi connectivity index (χ4n) is 4.94. The maximum atomic E-state index is 13.7. The molecule has 1 aliphatic carbocycles. The summed E-state index contributed by atoms with van der Waals surface area (Å²) in [4.78, 5) is 29.0. The first-order valence-corrected chi connectivity index (χ1v) is 13.7. The monoisotopic (exact) mass is 532 g/mol. The number of rotatable bonds is 13. The minimum Gasteiger partial charge on any atom is -0.497 e. The quantitative estimate of drug-likeness (QED) is 0.287. The number of ether oxygens (including phenoxy) is 2. The van der Waals surface area contributed by atoms with Gasteiger partial charge in [0.1, 0.15) is 23.4 Å². The lowest BCUT2D eigenvalue weighted by molar-refractivity contribution is -0.141. The fraction of sp³-hybridized carbons (Fsp3) is 0.375. The van der Waals surface area contributed by atoms with Gasteiger partial charge in [-0.25, -0.2) is 4.39 Å². The lowest BCUT2D eigenvalue weighted by atomic mass is 10.0. The number of hydrogen-bond acceptors (Lipinski definition) is 4. The van der Waals surface area contributed by atoms with Crippen LogP contribution in [0.3, 0.4) is 0 Å². The molecular formula is C32H37FN2O4. The van der Waals surface area contributed by atoms with Gasteiger partial charge in [0, 0.05) is 25.4 Å². The standard InChI is InChI=1S/C32H37FN2O4/c1-38-28-17-19-29(20-18-28)39-21-7-12-31(36)35(23-25-13-15-26(33)16-14-25)30(22-24-8-3-2-4-9-24)32(37)34-27-10-5-6-11-27/h2-4,8-9,13-20,27,30H,5-7,10-12,21-23H2,1H3,(H,34,37)/t30-/m1/s1. The normalized spacial score (nSPS) is 14.0. The van der Waals surface area contributed by atoms with Gasteiger partial charge in [-0.15, -0.1) is 0 Å². The summed E-state index contributed by atoms with van der Waals surface area (Å²) in [5.74, 6) is 0.821. The number of carbonyl (C=O) groups is 2. The molecule has 2 amide bonds. The van der Waals surface area contributed by atoms with Gasteiger partial charge in [0.05, 0.1) is 13.7 Å². The van der Waals surface area contributed by atoms with Crippen molar-refractivity contribution in [1.29, 1.82) is 0 Å². The van der Waals surface area contributed by atoms with Gasteiger partial charge in [-0.1, -0.05) is 55.3 Å². The predicted octanol–water partition coefficient (Wildman–Crippen LogP) is 5.69. The van der Waals surface area contributed by atoms with E-state index in [-0.39, 0.29) is 36.6 Å². The van der Waals surface area contributed by atoms with Crippen LogP contribution in [0.5, 0.6) is 11.5 Å². The molecule has 206 valence electrons. The van der Waals surface area contributed by atoms with Crippen molar-refractivity contribution >= 4 is 11.8 Å². The van der Waals surface area contributed by atoms with Crippen molar-refractivity contribution in [2.75, 3.05) is 13.7 Å². The van der Waals surface area contributed by atoms with Gasteiger partial charge < -0.3 is 19.7 Å². The average molecular weight is 533 g/mol. The average Bonchev–Trinajstić information content (AvgIpc) is 3.48. The van der Waals surface area contributed by atoms with E-state index >= 15 is 0 Å². The van der Waals surface area contributed by atoms with Crippen LogP contribution in [0.2, 0.25) is 0 Å². The molecule has 3 aromatic carbocycles. The molecule has 0 saturated heterocycles. The minimum atomic E-state index is -0.687. The fourth-order valence-corrected chi connectivity index (χ4v) is 4.94. The molecule has 0 aliphatic heterocycles. The van der Waals surface area contributed by atoms with Crippen LogP contribution in [0.25, 0.3) is 0 Å². The number of methoxy groups -OCH3 is 1. The first-order chi connectivity index (χ1) is 19.0.